The van der Waals surface area contributed by atoms with Crippen LogP contribution in [0.2, 0.25) is 0 Å². The Hall–Kier alpha value is -0.610. The maximum Gasteiger partial charge on any atom is 0.126 e. The van der Waals surface area contributed by atoms with Crippen molar-refractivity contribution in [3.8, 4) is 0 Å². The Balaban J connectivity index is 1.99. The molecule has 2 rings (SSSR count). The fraction of sp³-hybridized carbons (Fsp3) is 0.583. The largest absolute Gasteiger partial charge is 0.366 e. The molecule has 0 aromatic carbocycles. The van der Waals surface area contributed by atoms with Crippen LogP contribution in [-0.4, -0.2) is 17.1 Å². The fourth-order valence-corrected chi connectivity index (χ4v) is 2.40. The van der Waals surface area contributed by atoms with Crippen LogP contribution in [-0.2, 0) is 0 Å². The van der Waals surface area contributed by atoms with Gasteiger partial charge in [0.2, 0.25) is 0 Å². The van der Waals surface area contributed by atoms with Gasteiger partial charge in [-0.2, -0.15) is 0 Å². The van der Waals surface area contributed by atoms with Crippen LogP contribution in [0.3, 0.4) is 0 Å². The summed E-state index contributed by atoms with van der Waals surface area (Å²) in [6, 6.07) is 4.61. The maximum atomic E-state index is 6.16. The van der Waals surface area contributed by atoms with Crippen LogP contribution in [0.4, 0.5) is 5.82 Å². The van der Waals surface area contributed by atoms with Crippen molar-refractivity contribution in [2.24, 2.45) is 5.73 Å². The second-order valence-electron chi connectivity index (χ2n) is 4.41. The standard InChI is InChI=1S/C12H18BrN3/c13-9-6-7-12(15-8-9)16-11-5-3-1-2-4-10(11)14/h6-8,10-11H,1-5,14H2,(H,15,16)/t10-,11-/m1/s1. The Kier molecular flexibility index (Phi) is 4.18. The molecule has 0 spiro atoms. The molecule has 88 valence electrons. The molecule has 1 saturated carbocycles. The highest BCUT2D eigenvalue weighted by molar-refractivity contribution is 9.10. The third-order valence-corrected chi connectivity index (χ3v) is 3.60. The van der Waals surface area contributed by atoms with Crippen molar-refractivity contribution >= 4 is 21.7 Å². The number of hydrogen-bond donors (Lipinski definition) is 2. The number of anilines is 1. The summed E-state index contributed by atoms with van der Waals surface area (Å²) in [4.78, 5) is 4.32. The summed E-state index contributed by atoms with van der Waals surface area (Å²) in [5.74, 6) is 0.922. The zero-order chi connectivity index (χ0) is 11.4. The van der Waals surface area contributed by atoms with Crippen LogP contribution in [0, 0.1) is 0 Å². The van der Waals surface area contributed by atoms with Crippen molar-refractivity contribution < 1.29 is 0 Å². The fourth-order valence-electron chi connectivity index (χ4n) is 2.17. The van der Waals surface area contributed by atoms with Crippen LogP contribution >= 0.6 is 15.9 Å². The van der Waals surface area contributed by atoms with Gasteiger partial charge < -0.3 is 11.1 Å². The van der Waals surface area contributed by atoms with Gasteiger partial charge in [-0.3, -0.25) is 0 Å². The zero-order valence-corrected chi connectivity index (χ0v) is 10.9. The SMILES string of the molecule is N[C@@H]1CCCCC[C@H]1Nc1ccc(Br)cn1. The van der Waals surface area contributed by atoms with E-state index < -0.39 is 0 Å². The molecule has 1 aliphatic rings. The Morgan fingerprint density at radius 1 is 1.25 bits per heavy atom. The minimum atomic E-state index is 0.257. The van der Waals surface area contributed by atoms with E-state index in [0.717, 1.165) is 23.1 Å². The van der Waals surface area contributed by atoms with Crippen molar-refractivity contribution in [3.63, 3.8) is 0 Å². The van der Waals surface area contributed by atoms with E-state index in [1.807, 2.05) is 18.3 Å². The smallest absolute Gasteiger partial charge is 0.126 e. The first-order valence-electron chi connectivity index (χ1n) is 5.89. The predicted molar refractivity (Wildman–Crippen MR) is 70.4 cm³/mol. The number of halogens is 1. The van der Waals surface area contributed by atoms with E-state index >= 15 is 0 Å². The molecule has 0 unspecified atom stereocenters. The molecule has 0 aliphatic heterocycles. The highest BCUT2D eigenvalue weighted by Gasteiger charge is 2.20. The molecule has 4 heteroatoms. The molecular formula is C12H18BrN3. The van der Waals surface area contributed by atoms with E-state index in [-0.39, 0.29) is 6.04 Å². The molecule has 0 bridgehead atoms. The molecule has 16 heavy (non-hydrogen) atoms. The van der Waals surface area contributed by atoms with Gasteiger partial charge in [-0.05, 0) is 40.9 Å². The van der Waals surface area contributed by atoms with Crippen molar-refractivity contribution in [3.05, 3.63) is 22.8 Å². The van der Waals surface area contributed by atoms with Crippen LogP contribution in [0.15, 0.2) is 22.8 Å². The molecule has 1 heterocycles. The Morgan fingerprint density at radius 2 is 2.06 bits per heavy atom. The average molecular weight is 284 g/mol. The minimum Gasteiger partial charge on any atom is -0.366 e. The van der Waals surface area contributed by atoms with Gasteiger partial charge in [-0.15, -0.1) is 0 Å². The number of aromatic nitrogens is 1. The summed E-state index contributed by atoms with van der Waals surface area (Å²) in [5, 5.41) is 3.44. The summed E-state index contributed by atoms with van der Waals surface area (Å²) >= 11 is 3.38. The highest BCUT2D eigenvalue weighted by Crippen LogP contribution is 2.20. The van der Waals surface area contributed by atoms with Gasteiger partial charge in [-0.25, -0.2) is 4.98 Å². The molecule has 3 nitrogen and oxygen atoms in total. The third-order valence-electron chi connectivity index (χ3n) is 3.13. The van der Waals surface area contributed by atoms with Crippen molar-refractivity contribution in [1.29, 1.82) is 0 Å². The Bertz CT molecular complexity index is 326. The lowest BCUT2D eigenvalue weighted by molar-refractivity contribution is 0.527. The first kappa shape index (κ1) is 11.9. The monoisotopic (exact) mass is 283 g/mol. The number of rotatable bonds is 2. The second kappa shape index (κ2) is 5.64. The molecule has 1 aromatic heterocycles. The summed E-state index contributed by atoms with van der Waals surface area (Å²) in [6.07, 6.45) is 7.91. The molecule has 2 atom stereocenters. The predicted octanol–water partition coefficient (Wildman–Crippen LogP) is 2.92. The number of pyridine rings is 1. The van der Waals surface area contributed by atoms with Gasteiger partial charge in [0.05, 0.1) is 0 Å². The zero-order valence-electron chi connectivity index (χ0n) is 9.32. The van der Waals surface area contributed by atoms with Gasteiger partial charge in [0.1, 0.15) is 5.82 Å². The topological polar surface area (TPSA) is 50.9 Å². The lowest BCUT2D eigenvalue weighted by Gasteiger charge is -2.23. The molecule has 1 fully saturated rings. The number of nitrogens with zero attached hydrogens (tertiary/aromatic N) is 1. The molecule has 1 aliphatic carbocycles. The van der Waals surface area contributed by atoms with Gasteiger partial charge in [0.25, 0.3) is 0 Å². The average Bonchev–Trinajstić information content (AvgIpc) is 2.48. The van der Waals surface area contributed by atoms with E-state index in [0.29, 0.717) is 6.04 Å². The van der Waals surface area contributed by atoms with Gasteiger partial charge in [0.15, 0.2) is 0 Å². The summed E-state index contributed by atoms with van der Waals surface area (Å²) < 4.78 is 1.00. The van der Waals surface area contributed by atoms with Gasteiger partial charge >= 0.3 is 0 Å². The normalized spacial score (nSPS) is 26.1. The highest BCUT2D eigenvalue weighted by atomic mass is 79.9. The van der Waals surface area contributed by atoms with Crippen LogP contribution < -0.4 is 11.1 Å². The van der Waals surface area contributed by atoms with E-state index in [1.54, 1.807) is 0 Å². The van der Waals surface area contributed by atoms with E-state index in [9.17, 15) is 0 Å². The van der Waals surface area contributed by atoms with Gasteiger partial charge in [-0.1, -0.05) is 19.3 Å². The maximum absolute atomic E-state index is 6.16. The molecule has 0 saturated heterocycles. The minimum absolute atomic E-state index is 0.257. The van der Waals surface area contributed by atoms with Crippen molar-refractivity contribution in [2.75, 3.05) is 5.32 Å². The van der Waals surface area contributed by atoms with E-state index in [1.165, 1.54) is 19.3 Å². The first-order valence-corrected chi connectivity index (χ1v) is 6.68. The quantitative estimate of drug-likeness (QED) is 0.821. The molecule has 0 radical (unpaired) electrons. The van der Waals surface area contributed by atoms with Crippen LogP contribution in [0.25, 0.3) is 0 Å². The Labute approximate surface area is 105 Å². The summed E-state index contributed by atoms with van der Waals surface area (Å²) in [6.45, 7) is 0. The van der Waals surface area contributed by atoms with Gasteiger partial charge in [0, 0.05) is 22.8 Å². The summed E-state index contributed by atoms with van der Waals surface area (Å²) in [5.41, 5.74) is 6.16. The van der Waals surface area contributed by atoms with Crippen molar-refractivity contribution in [2.45, 2.75) is 44.2 Å². The molecule has 3 N–H and O–H groups in total. The number of nitrogens with two attached hydrogens (primary N) is 1. The molecule has 0 amide bonds. The second-order valence-corrected chi connectivity index (χ2v) is 5.33. The molecule has 1 aromatic rings. The lowest BCUT2D eigenvalue weighted by atomic mass is 10.0. The van der Waals surface area contributed by atoms with Crippen LogP contribution in [0.1, 0.15) is 32.1 Å². The number of hydrogen-bond acceptors (Lipinski definition) is 3. The van der Waals surface area contributed by atoms with Crippen molar-refractivity contribution in [1.82, 2.24) is 4.98 Å². The first-order chi connectivity index (χ1) is 7.75. The summed E-state index contributed by atoms with van der Waals surface area (Å²) in [7, 11) is 0. The third kappa shape index (κ3) is 3.19. The van der Waals surface area contributed by atoms with E-state index in [4.69, 9.17) is 5.73 Å². The van der Waals surface area contributed by atoms with Crippen LogP contribution in [0.5, 0.6) is 0 Å². The Morgan fingerprint density at radius 3 is 2.81 bits per heavy atom. The lowest BCUT2D eigenvalue weighted by Crippen LogP contribution is -2.39. The molecular weight excluding hydrogens is 266 g/mol. The van der Waals surface area contributed by atoms with E-state index in [2.05, 4.69) is 26.2 Å². The number of nitrogens with one attached hydrogen (secondary N) is 1.